The Balaban J connectivity index is 1.30. The minimum absolute atomic E-state index is 0.0287. The molecule has 2 aliphatic carbocycles. The van der Waals surface area contributed by atoms with E-state index >= 15 is 0 Å². The van der Waals surface area contributed by atoms with Gasteiger partial charge in [-0.1, -0.05) is 74.1 Å². The van der Waals surface area contributed by atoms with Crippen LogP contribution in [0.15, 0.2) is 58.4 Å². The molecule has 2 aromatic carbocycles. The highest BCUT2D eigenvalue weighted by atomic mass is 32.2. The summed E-state index contributed by atoms with van der Waals surface area (Å²) in [6.07, 6.45) is 0.909. The number of hydrogen-bond acceptors (Lipinski definition) is 5. The summed E-state index contributed by atoms with van der Waals surface area (Å²) in [6, 6.07) is 16.5. The molecule has 1 saturated heterocycles. The standard InChI is InChI=1S/C30H30N2O3S2/c1-14-5-11-17(12-6-14)32-27(33)22-18-13-19(23(22)28(32)34)24-21(18)20(25-26(36-24)31-29(35)37-25)15-7-9-16(10-8-15)30(2,3)4/h5-12,18-24H,13H2,1-4H3,(H,31,35)/t18-,19-,20+,21+,22+,23+,24-/m1/s1. The summed E-state index contributed by atoms with van der Waals surface area (Å²) < 4.78 is 0. The highest BCUT2D eigenvalue weighted by Gasteiger charge is 2.69. The Morgan fingerprint density at radius 1 is 0.892 bits per heavy atom. The van der Waals surface area contributed by atoms with Crippen LogP contribution in [-0.2, 0) is 15.0 Å². The van der Waals surface area contributed by atoms with Crippen LogP contribution in [-0.4, -0.2) is 22.0 Å². The van der Waals surface area contributed by atoms with Crippen LogP contribution < -0.4 is 9.77 Å². The van der Waals surface area contributed by atoms with Crippen molar-refractivity contribution in [2.75, 3.05) is 4.90 Å². The first-order valence-electron chi connectivity index (χ1n) is 13.1. The molecule has 4 aliphatic rings. The number of fused-ring (bicyclic) bond motifs is 9. The second-order valence-corrected chi connectivity index (χ2v) is 14.4. The van der Waals surface area contributed by atoms with Gasteiger partial charge in [0.05, 0.1) is 22.5 Å². The van der Waals surface area contributed by atoms with Crippen molar-refractivity contribution in [3.8, 4) is 0 Å². The van der Waals surface area contributed by atoms with Crippen molar-refractivity contribution in [3.05, 3.63) is 79.8 Å². The molecule has 3 heterocycles. The Hall–Kier alpha value is -2.64. The minimum atomic E-state index is -0.269. The van der Waals surface area contributed by atoms with Gasteiger partial charge in [0.1, 0.15) is 0 Å². The van der Waals surface area contributed by atoms with E-state index in [1.165, 1.54) is 27.4 Å². The average Bonchev–Trinajstić information content (AvgIpc) is 3.58. The van der Waals surface area contributed by atoms with Gasteiger partial charge in [-0.3, -0.25) is 19.3 Å². The molecule has 2 bridgehead atoms. The number of thioether (sulfide) groups is 1. The third-order valence-corrected chi connectivity index (χ3v) is 11.7. The zero-order valence-electron chi connectivity index (χ0n) is 21.4. The van der Waals surface area contributed by atoms with Gasteiger partial charge in [0.15, 0.2) is 0 Å². The summed E-state index contributed by atoms with van der Waals surface area (Å²) in [4.78, 5) is 45.6. The number of hydrogen-bond donors (Lipinski definition) is 1. The number of nitrogens with zero attached hydrogens (tertiary/aromatic N) is 1. The van der Waals surface area contributed by atoms with E-state index in [9.17, 15) is 14.4 Å². The number of aromatic amines is 1. The van der Waals surface area contributed by atoms with E-state index in [0.717, 1.165) is 21.9 Å². The molecule has 2 saturated carbocycles. The molecule has 3 aromatic rings. The van der Waals surface area contributed by atoms with Crippen molar-refractivity contribution in [1.29, 1.82) is 0 Å². The quantitative estimate of drug-likeness (QED) is 0.430. The van der Waals surface area contributed by atoms with Gasteiger partial charge in [0.2, 0.25) is 11.8 Å². The van der Waals surface area contributed by atoms with E-state index in [4.69, 9.17) is 0 Å². The molecule has 0 radical (unpaired) electrons. The smallest absolute Gasteiger partial charge is 0.305 e. The van der Waals surface area contributed by atoms with Gasteiger partial charge in [0, 0.05) is 16.0 Å². The number of aromatic nitrogens is 1. The van der Waals surface area contributed by atoms with Crippen molar-refractivity contribution in [2.24, 2.45) is 29.6 Å². The van der Waals surface area contributed by atoms with Crippen LogP contribution >= 0.6 is 23.1 Å². The van der Waals surface area contributed by atoms with Gasteiger partial charge in [-0.05, 0) is 59.8 Å². The lowest BCUT2D eigenvalue weighted by Gasteiger charge is -2.43. The fourth-order valence-corrected chi connectivity index (χ4v) is 10.4. The van der Waals surface area contributed by atoms with Crippen LogP contribution in [0, 0.1) is 36.5 Å². The van der Waals surface area contributed by atoms with E-state index < -0.39 is 0 Å². The molecular formula is C30H30N2O3S2. The molecule has 2 aliphatic heterocycles. The van der Waals surface area contributed by atoms with Crippen LogP contribution in [0.2, 0.25) is 0 Å². The second kappa shape index (κ2) is 7.93. The van der Waals surface area contributed by atoms with Crippen molar-refractivity contribution in [2.45, 2.75) is 55.7 Å². The van der Waals surface area contributed by atoms with E-state index in [2.05, 4.69) is 50.0 Å². The Morgan fingerprint density at radius 2 is 1.54 bits per heavy atom. The lowest BCUT2D eigenvalue weighted by atomic mass is 9.68. The van der Waals surface area contributed by atoms with Crippen LogP contribution in [0.25, 0.3) is 0 Å². The maximum atomic E-state index is 13.8. The number of anilines is 1. The number of imide groups is 1. The van der Waals surface area contributed by atoms with Crippen molar-refractivity contribution in [3.63, 3.8) is 0 Å². The molecule has 190 valence electrons. The van der Waals surface area contributed by atoms with Crippen LogP contribution in [0.1, 0.15) is 54.7 Å². The third-order valence-electron chi connectivity index (χ3n) is 9.15. The van der Waals surface area contributed by atoms with Crippen LogP contribution in [0.4, 0.5) is 5.69 Å². The van der Waals surface area contributed by atoms with Crippen LogP contribution in [0.3, 0.4) is 0 Å². The van der Waals surface area contributed by atoms with Crippen molar-refractivity contribution >= 4 is 40.6 Å². The number of thiazole rings is 1. The first-order chi connectivity index (χ1) is 17.6. The molecule has 0 spiro atoms. The summed E-state index contributed by atoms with van der Waals surface area (Å²) in [5.41, 5.74) is 4.33. The molecule has 37 heavy (non-hydrogen) atoms. The maximum absolute atomic E-state index is 13.8. The van der Waals surface area contributed by atoms with Crippen molar-refractivity contribution in [1.82, 2.24) is 4.98 Å². The van der Waals surface area contributed by atoms with Gasteiger partial charge in [-0.2, -0.15) is 0 Å². The highest BCUT2D eigenvalue weighted by Crippen LogP contribution is 2.68. The normalized spacial score (nSPS) is 32.0. The zero-order chi connectivity index (χ0) is 25.8. The van der Waals surface area contributed by atoms with E-state index in [1.54, 1.807) is 11.8 Å². The molecule has 3 fully saturated rings. The summed E-state index contributed by atoms with van der Waals surface area (Å²) >= 11 is 3.05. The Labute approximate surface area is 224 Å². The van der Waals surface area contributed by atoms with E-state index in [1.807, 2.05) is 31.2 Å². The molecule has 7 heteroatoms. The Morgan fingerprint density at radius 3 is 2.19 bits per heavy atom. The van der Waals surface area contributed by atoms with Gasteiger partial charge in [-0.15, -0.1) is 11.8 Å². The molecule has 1 aromatic heterocycles. The molecule has 7 atom stereocenters. The lowest BCUT2D eigenvalue weighted by Crippen LogP contribution is -2.42. The van der Waals surface area contributed by atoms with Gasteiger partial charge in [-0.25, -0.2) is 0 Å². The monoisotopic (exact) mass is 530 g/mol. The fourth-order valence-electron chi connectivity index (χ4n) is 7.53. The number of carbonyl (C=O) groups excluding carboxylic acids is 2. The predicted molar refractivity (Wildman–Crippen MR) is 147 cm³/mol. The molecule has 7 rings (SSSR count). The highest BCUT2D eigenvalue weighted by molar-refractivity contribution is 8.00. The number of aryl methyl sites for hydroxylation is 1. The fraction of sp³-hybridized carbons (Fsp3) is 0.433. The number of H-pyrrole nitrogens is 1. The van der Waals surface area contributed by atoms with E-state index in [0.29, 0.717) is 5.69 Å². The summed E-state index contributed by atoms with van der Waals surface area (Å²) in [6.45, 7) is 8.64. The minimum Gasteiger partial charge on any atom is -0.307 e. The number of benzene rings is 2. The number of amides is 2. The molecule has 5 nitrogen and oxygen atoms in total. The summed E-state index contributed by atoms with van der Waals surface area (Å²) in [5, 5.41) is 1.17. The third kappa shape index (κ3) is 3.32. The molecule has 1 N–H and O–H groups in total. The molecular weight excluding hydrogens is 500 g/mol. The summed E-state index contributed by atoms with van der Waals surface area (Å²) in [5.74, 6) is -0.0397. The van der Waals surface area contributed by atoms with Gasteiger partial charge in [0.25, 0.3) is 0 Å². The Kier molecular flexibility index (Phi) is 5.03. The van der Waals surface area contributed by atoms with Gasteiger partial charge >= 0.3 is 4.87 Å². The van der Waals surface area contributed by atoms with Crippen LogP contribution in [0.5, 0.6) is 0 Å². The number of nitrogens with one attached hydrogen (secondary N) is 1. The predicted octanol–water partition coefficient (Wildman–Crippen LogP) is 5.72. The van der Waals surface area contributed by atoms with Gasteiger partial charge < -0.3 is 4.98 Å². The first kappa shape index (κ1) is 23.5. The summed E-state index contributed by atoms with van der Waals surface area (Å²) in [7, 11) is 0. The SMILES string of the molecule is Cc1ccc(N2C(=O)[C@H]3[C@H]4C[C@@H]([C@@H]3C2=O)[C@H]2[C@H](c3ccc(C(C)(C)C)cc3)c3sc(=O)[nH]c3S[C@H]42)cc1. The van der Waals surface area contributed by atoms with E-state index in [-0.39, 0.29) is 62.9 Å². The average molecular weight is 531 g/mol. The first-order valence-corrected chi connectivity index (χ1v) is 14.8. The topological polar surface area (TPSA) is 70.2 Å². The Bertz CT molecular complexity index is 1480. The molecule has 2 amide bonds. The number of rotatable bonds is 2. The largest absolute Gasteiger partial charge is 0.307 e. The lowest BCUT2D eigenvalue weighted by molar-refractivity contribution is -0.123. The second-order valence-electron chi connectivity index (χ2n) is 12.2. The zero-order valence-corrected chi connectivity index (χ0v) is 23.0. The van der Waals surface area contributed by atoms with Crippen molar-refractivity contribution < 1.29 is 9.59 Å². The maximum Gasteiger partial charge on any atom is 0.305 e. The molecule has 0 unspecified atom stereocenters. The number of carbonyl (C=O) groups is 2.